The van der Waals surface area contributed by atoms with Crippen LogP contribution >= 0.6 is 0 Å². The van der Waals surface area contributed by atoms with Crippen molar-refractivity contribution in [3.05, 3.63) is 59.9 Å². The monoisotopic (exact) mass is 432 g/mol. The van der Waals surface area contributed by atoms with Gasteiger partial charge in [-0.1, -0.05) is 26.0 Å². The molecular formula is C24H30F2N2O3. The first-order valence-electron chi connectivity index (χ1n) is 10.6. The van der Waals surface area contributed by atoms with E-state index in [1.807, 2.05) is 11.9 Å². The number of likely N-dealkylation sites (tertiary alicyclic amines) is 1. The van der Waals surface area contributed by atoms with Crippen molar-refractivity contribution in [2.24, 2.45) is 5.92 Å². The van der Waals surface area contributed by atoms with Crippen LogP contribution in [-0.2, 0) is 6.54 Å². The van der Waals surface area contributed by atoms with Crippen molar-refractivity contribution in [3.63, 3.8) is 0 Å². The van der Waals surface area contributed by atoms with Crippen molar-refractivity contribution in [3.8, 4) is 11.5 Å². The van der Waals surface area contributed by atoms with Crippen molar-refractivity contribution >= 4 is 6.09 Å². The molecule has 0 radical (unpaired) electrons. The largest absolute Gasteiger partial charge is 0.493 e. The van der Waals surface area contributed by atoms with Crippen LogP contribution in [0, 0.1) is 11.7 Å². The Morgan fingerprint density at radius 1 is 1.13 bits per heavy atom. The molecule has 7 heteroatoms. The number of benzene rings is 2. The summed E-state index contributed by atoms with van der Waals surface area (Å²) in [7, 11) is 1.86. The number of piperidine rings is 1. The average Bonchev–Trinajstić information content (AvgIpc) is 2.73. The molecule has 3 rings (SSSR count). The summed E-state index contributed by atoms with van der Waals surface area (Å²) >= 11 is 0. The van der Waals surface area contributed by atoms with Crippen molar-refractivity contribution in [2.75, 3.05) is 26.7 Å². The lowest BCUT2D eigenvalue weighted by Gasteiger charge is -2.39. The van der Waals surface area contributed by atoms with E-state index >= 15 is 0 Å². The number of carbonyl (C=O) groups excluding carboxylic acids is 1. The van der Waals surface area contributed by atoms with Gasteiger partial charge in [0.15, 0.2) is 0 Å². The number of hydrogen-bond donors (Lipinski definition) is 0. The molecule has 1 heterocycles. The lowest BCUT2D eigenvalue weighted by molar-refractivity contribution is 0.0431. The van der Waals surface area contributed by atoms with Gasteiger partial charge < -0.3 is 14.4 Å². The number of ether oxygens (including phenoxy) is 2. The first-order valence-corrected chi connectivity index (χ1v) is 10.6. The fourth-order valence-electron chi connectivity index (χ4n) is 3.53. The summed E-state index contributed by atoms with van der Waals surface area (Å²) < 4.78 is 39.3. The second kappa shape index (κ2) is 10.6. The molecule has 1 aliphatic rings. The molecule has 2 aromatic carbocycles. The lowest BCUT2D eigenvalue weighted by Crippen LogP contribution is -2.53. The predicted molar refractivity (Wildman–Crippen MR) is 116 cm³/mol. The Morgan fingerprint density at radius 3 is 2.39 bits per heavy atom. The van der Waals surface area contributed by atoms with E-state index in [4.69, 9.17) is 9.47 Å². The Labute approximate surface area is 182 Å². The smallest absolute Gasteiger partial charge is 0.415 e. The molecule has 1 aliphatic heterocycles. The highest BCUT2D eigenvalue weighted by molar-refractivity contribution is 5.71. The van der Waals surface area contributed by atoms with E-state index < -0.39 is 18.3 Å². The van der Waals surface area contributed by atoms with E-state index in [1.54, 1.807) is 36.4 Å². The topological polar surface area (TPSA) is 42.0 Å². The first-order chi connectivity index (χ1) is 14.8. The van der Waals surface area contributed by atoms with Crippen LogP contribution in [0.3, 0.4) is 0 Å². The predicted octanol–water partition coefficient (Wildman–Crippen LogP) is 4.90. The van der Waals surface area contributed by atoms with E-state index in [1.165, 1.54) is 17.0 Å². The number of rotatable bonds is 7. The number of hydrogen-bond acceptors (Lipinski definition) is 4. The summed E-state index contributed by atoms with van der Waals surface area (Å²) in [4.78, 5) is 16.3. The van der Waals surface area contributed by atoms with Crippen molar-refractivity contribution < 1.29 is 23.0 Å². The van der Waals surface area contributed by atoms with Crippen molar-refractivity contribution in [2.45, 2.75) is 39.0 Å². The Bertz CT molecular complexity index is 843. The van der Waals surface area contributed by atoms with Crippen molar-refractivity contribution in [1.82, 2.24) is 9.80 Å². The van der Waals surface area contributed by atoms with Gasteiger partial charge in [-0.05, 0) is 61.3 Å². The molecule has 0 aromatic heterocycles. The van der Waals surface area contributed by atoms with Crippen LogP contribution in [-0.4, -0.2) is 54.9 Å². The molecule has 0 unspecified atom stereocenters. The minimum absolute atomic E-state index is 0.142. The van der Waals surface area contributed by atoms with Gasteiger partial charge in [-0.25, -0.2) is 13.6 Å². The Morgan fingerprint density at radius 2 is 1.77 bits per heavy atom. The van der Waals surface area contributed by atoms with E-state index in [0.717, 1.165) is 0 Å². The molecule has 0 bridgehead atoms. The third kappa shape index (κ3) is 6.66. The molecule has 1 saturated heterocycles. The fraction of sp³-hybridized carbons (Fsp3) is 0.458. The summed E-state index contributed by atoms with van der Waals surface area (Å²) in [5.41, 5.74) is 0.710. The van der Waals surface area contributed by atoms with Crippen molar-refractivity contribution in [1.29, 1.82) is 0 Å². The molecule has 0 N–H and O–H groups in total. The fourth-order valence-corrected chi connectivity index (χ4v) is 3.53. The third-order valence-electron chi connectivity index (χ3n) is 5.22. The van der Waals surface area contributed by atoms with Gasteiger partial charge in [0.25, 0.3) is 0 Å². The summed E-state index contributed by atoms with van der Waals surface area (Å²) in [6.45, 7) is 5.79. The van der Waals surface area contributed by atoms with Crippen LogP contribution in [0.1, 0.15) is 25.8 Å². The first kappa shape index (κ1) is 23.0. The number of nitrogens with zero attached hydrogens (tertiary/aromatic N) is 2. The van der Waals surface area contributed by atoms with Gasteiger partial charge in [0.2, 0.25) is 0 Å². The van der Waals surface area contributed by atoms with Gasteiger partial charge in [-0.15, -0.1) is 0 Å². The highest BCUT2D eigenvalue weighted by atomic mass is 19.1. The Kier molecular flexibility index (Phi) is 7.85. The number of carbonyl (C=O) groups is 1. The summed E-state index contributed by atoms with van der Waals surface area (Å²) in [5, 5.41) is 0. The molecule has 0 saturated carbocycles. The van der Waals surface area contributed by atoms with E-state index in [9.17, 15) is 13.6 Å². The molecule has 1 amide bonds. The zero-order chi connectivity index (χ0) is 22.4. The molecule has 5 nitrogen and oxygen atoms in total. The van der Waals surface area contributed by atoms with Gasteiger partial charge in [-0.3, -0.25) is 4.90 Å². The normalized spacial score (nSPS) is 19.3. The van der Waals surface area contributed by atoms with Gasteiger partial charge in [0.05, 0.1) is 12.6 Å². The summed E-state index contributed by atoms with van der Waals surface area (Å²) in [5.74, 6) is 1.09. The Balaban J connectivity index is 1.73. The standard InChI is InChI=1S/C24H30F2N2O3/c1-17(2)16-30-20-8-10-21(11-9-20)31-24(29)28(14-18-4-6-19(25)7-5-18)23-12-13-27(3)15-22(23)26/h4-11,17,22-23H,12-16H2,1-3H3/t22-,23+/m0/s1. The zero-order valence-electron chi connectivity index (χ0n) is 18.3. The minimum Gasteiger partial charge on any atom is -0.493 e. The summed E-state index contributed by atoms with van der Waals surface area (Å²) in [6, 6.07) is 12.0. The molecule has 1 fully saturated rings. The zero-order valence-corrected chi connectivity index (χ0v) is 18.3. The highest BCUT2D eigenvalue weighted by Crippen LogP contribution is 2.24. The molecule has 0 aliphatic carbocycles. The molecule has 0 spiro atoms. The van der Waals surface area contributed by atoms with Crippen LogP contribution in [0.15, 0.2) is 48.5 Å². The maximum atomic E-state index is 14.8. The summed E-state index contributed by atoms with van der Waals surface area (Å²) in [6.07, 6.45) is -1.33. The van der Waals surface area contributed by atoms with Crippen LogP contribution in [0.25, 0.3) is 0 Å². The van der Waals surface area contributed by atoms with E-state index in [-0.39, 0.29) is 18.9 Å². The van der Waals surface area contributed by atoms with Gasteiger partial charge in [0.1, 0.15) is 23.5 Å². The Hall–Kier alpha value is -2.67. The van der Waals surface area contributed by atoms with Crippen LogP contribution < -0.4 is 9.47 Å². The highest BCUT2D eigenvalue weighted by Gasteiger charge is 2.36. The molecule has 31 heavy (non-hydrogen) atoms. The average molecular weight is 433 g/mol. The van der Waals surface area contributed by atoms with Crippen LogP contribution in [0.2, 0.25) is 0 Å². The van der Waals surface area contributed by atoms with E-state index in [2.05, 4.69) is 13.8 Å². The molecule has 2 atom stereocenters. The molecule has 2 aromatic rings. The van der Waals surface area contributed by atoms with E-state index in [0.29, 0.717) is 42.6 Å². The molecule has 168 valence electrons. The molecular weight excluding hydrogens is 402 g/mol. The SMILES string of the molecule is CC(C)COc1ccc(OC(=O)N(Cc2ccc(F)cc2)[C@@H]2CCN(C)C[C@@H]2F)cc1. The number of alkyl halides is 1. The number of amides is 1. The van der Waals surface area contributed by atoms with Crippen LogP contribution in [0.4, 0.5) is 13.6 Å². The maximum Gasteiger partial charge on any atom is 0.415 e. The minimum atomic E-state index is -1.20. The van der Waals surface area contributed by atoms with Gasteiger partial charge in [-0.2, -0.15) is 0 Å². The second-order valence-electron chi connectivity index (χ2n) is 8.43. The van der Waals surface area contributed by atoms with Crippen LogP contribution in [0.5, 0.6) is 11.5 Å². The van der Waals surface area contributed by atoms with Gasteiger partial charge in [0, 0.05) is 19.6 Å². The maximum absolute atomic E-state index is 14.8. The lowest BCUT2D eigenvalue weighted by atomic mass is 10.0. The third-order valence-corrected chi connectivity index (χ3v) is 5.22. The second-order valence-corrected chi connectivity index (χ2v) is 8.43. The number of halogens is 2. The van der Waals surface area contributed by atoms with Gasteiger partial charge >= 0.3 is 6.09 Å². The quantitative estimate of drug-likeness (QED) is 0.624.